The highest BCUT2D eigenvalue weighted by molar-refractivity contribution is 6.89. The van der Waals surface area contributed by atoms with Crippen LogP contribution in [-0.2, 0) is 0 Å². The number of hydrogen-bond donors (Lipinski definition) is 0. The molecule has 0 fully saturated rings. The van der Waals surface area contributed by atoms with E-state index in [1.807, 2.05) is 0 Å². The molecule has 19 heavy (non-hydrogen) atoms. The Bertz CT molecular complexity index is 626. The molecule has 1 aliphatic rings. The molecule has 0 bridgehead atoms. The predicted molar refractivity (Wildman–Crippen MR) is 86.2 cm³/mol. The summed E-state index contributed by atoms with van der Waals surface area (Å²) in [5.41, 5.74) is 9.02. The maximum Gasteiger partial charge on any atom is 0.211 e. The maximum absolute atomic E-state index is 2.34. The van der Waals surface area contributed by atoms with Crippen LogP contribution in [0.1, 0.15) is 37.8 Å². The molecule has 0 aliphatic carbocycles. The van der Waals surface area contributed by atoms with Crippen LogP contribution >= 0.6 is 0 Å². The summed E-state index contributed by atoms with van der Waals surface area (Å²) in [5.74, 6) is 0.603. The molecule has 2 aromatic carbocycles. The van der Waals surface area contributed by atoms with Crippen molar-refractivity contribution in [3.8, 4) is 11.1 Å². The van der Waals surface area contributed by atoms with E-state index in [9.17, 15) is 0 Å². The molecule has 0 atom stereocenters. The fourth-order valence-electron chi connectivity index (χ4n) is 3.68. The Morgan fingerprint density at radius 3 is 2.42 bits per heavy atom. The summed E-state index contributed by atoms with van der Waals surface area (Å²) >= 11 is 0. The van der Waals surface area contributed by atoms with Gasteiger partial charge in [0.25, 0.3) is 0 Å². The Hall–Kier alpha value is -1.50. The van der Waals surface area contributed by atoms with Gasteiger partial charge in [0.15, 0.2) is 0 Å². The lowest BCUT2D eigenvalue weighted by Gasteiger charge is -2.17. The van der Waals surface area contributed by atoms with Crippen LogP contribution in [0.5, 0.6) is 0 Å². The molecule has 0 saturated carbocycles. The highest BCUT2D eigenvalue weighted by Crippen LogP contribution is 2.29. The quantitative estimate of drug-likeness (QED) is 0.710. The Morgan fingerprint density at radius 1 is 1.00 bits per heavy atom. The smallest absolute Gasteiger partial charge is 0.0712 e. The lowest BCUT2D eigenvalue weighted by Crippen LogP contribution is -2.38. The minimum absolute atomic E-state index is 0.588. The Kier molecular flexibility index (Phi) is 3.01. The highest BCUT2D eigenvalue weighted by Gasteiger charge is 2.32. The molecule has 3 rings (SSSR count). The second kappa shape index (κ2) is 4.56. The standard InChI is InChI=1S/C18H21B/c1-5-19-17-9-7-6-8-15(17)16-11-10-14(12(2)3)13(4)18(16)19/h6-12H,5H2,1-4H3. The molecular formula is C18H21B. The van der Waals surface area contributed by atoms with Crippen LogP contribution in [-0.4, -0.2) is 6.71 Å². The fourth-order valence-corrected chi connectivity index (χ4v) is 3.68. The zero-order valence-corrected chi connectivity index (χ0v) is 12.3. The van der Waals surface area contributed by atoms with Crippen LogP contribution in [0.4, 0.5) is 0 Å². The van der Waals surface area contributed by atoms with Crippen LogP contribution in [0.25, 0.3) is 11.1 Å². The lowest BCUT2D eigenvalue weighted by atomic mass is 9.40. The molecule has 0 amide bonds. The first-order valence-electron chi connectivity index (χ1n) is 7.37. The van der Waals surface area contributed by atoms with E-state index in [0.717, 1.165) is 0 Å². The van der Waals surface area contributed by atoms with Gasteiger partial charge >= 0.3 is 0 Å². The molecule has 2 aromatic rings. The molecule has 0 aromatic heterocycles. The summed E-state index contributed by atoms with van der Waals surface area (Å²) in [6, 6.07) is 13.6. The van der Waals surface area contributed by atoms with Gasteiger partial charge in [-0.15, -0.1) is 0 Å². The van der Waals surface area contributed by atoms with E-state index < -0.39 is 0 Å². The second-order valence-corrected chi connectivity index (χ2v) is 5.94. The number of hydrogen-bond acceptors (Lipinski definition) is 0. The summed E-state index contributed by atoms with van der Waals surface area (Å²) < 4.78 is 0. The molecule has 1 heteroatoms. The molecule has 0 nitrogen and oxygen atoms in total. The van der Waals surface area contributed by atoms with Crippen molar-refractivity contribution in [2.45, 2.75) is 39.9 Å². The van der Waals surface area contributed by atoms with Crippen LogP contribution in [0.15, 0.2) is 36.4 Å². The average Bonchev–Trinajstić information content (AvgIpc) is 2.73. The van der Waals surface area contributed by atoms with Gasteiger partial charge in [0.05, 0.1) is 0 Å². The predicted octanol–water partition coefficient (Wildman–Crippen LogP) is 3.73. The number of benzene rings is 2. The van der Waals surface area contributed by atoms with Crippen molar-refractivity contribution >= 4 is 17.6 Å². The van der Waals surface area contributed by atoms with E-state index >= 15 is 0 Å². The molecule has 0 spiro atoms. The van der Waals surface area contributed by atoms with E-state index in [1.165, 1.54) is 34.0 Å². The molecule has 0 radical (unpaired) electrons. The van der Waals surface area contributed by atoms with Gasteiger partial charge in [-0.25, -0.2) is 0 Å². The average molecular weight is 248 g/mol. The van der Waals surface area contributed by atoms with Gasteiger partial charge in [0.1, 0.15) is 0 Å². The molecule has 96 valence electrons. The molecule has 1 aliphatic heterocycles. The first-order valence-corrected chi connectivity index (χ1v) is 7.37. The monoisotopic (exact) mass is 248 g/mol. The summed E-state index contributed by atoms with van der Waals surface area (Å²) in [7, 11) is 0. The minimum atomic E-state index is 0.588. The van der Waals surface area contributed by atoms with E-state index in [1.54, 1.807) is 5.46 Å². The zero-order chi connectivity index (χ0) is 13.6. The van der Waals surface area contributed by atoms with Crippen molar-refractivity contribution in [2.75, 3.05) is 0 Å². The minimum Gasteiger partial charge on any atom is -0.0712 e. The number of rotatable bonds is 2. The zero-order valence-electron chi connectivity index (χ0n) is 12.3. The van der Waals surface area contributed by atoms with Gasteiger partial charge in [-0.1, -0.05) is 80.0 Å². The van der Waals surface area contributed by atoms with Crippen LogP contribution < -0.4 is 10.9 Å². The van der Waals surface area contributed by atoms with E-state index in [4.69, 9.17) is 0 Å². The van der Waals surface area contributed by atoms with E-state index in [0.29, 0.717) is 12.6 Å². The third-order valence-electron chi connectivity index (χ3n) is 4.56. The van der Waals surface area contributed by atoms with Crippen LogP contribution in [0.2, 0.25) is 6.32 Å². The molecule has 1 heterocycles. The topological polar surface area (TPSA) is 0 Å². The maximum atomic E-state index is 2.34. The Labute approximate surface area is 116 Å². The van der Waals surface area contributed by atoms with Crippen molar-refractivity contribution in [3.63, 3.8) is 0 Å². The molecular weight excluding hydrogens is 227 g/mol. The van der Waals surface area contributed by atoms with Gasteiger partial charge < -0.3 is 0 Å². The summed E-state index contributed by atoms with van der Waals surface area (Å²) in [6.07, 6.45) is 1.19. The van der Waals surface area contributed by atoms with Crippen molar-refractivity contribution in [1.29, 1.82) is 0 Å². The number of fused-ring (bicyclic) bond motifs is 3. The van der Waals surface area contributed by atoms with Gasteiger partial charge in [0, 0.05) is 0 Å². The largest absolute Gasteiger partial charge is 0.211 e. The van der Waals surface area contributed by atoms with Crippen molar-refractivity contribution in [3.05, 3.63) is 47.5 Å². The summed E-state index contributed by atoms with van der Waals surface area (Å²) in [4.78, 5) is 0. The molecule has 0 saturated heterocycles. The van der Waals surface area contributed by atoms with Crippen LogP contribution in [0.3, 0.4) is 0 Å². The van der Waals surface area contributed by atoms with E-state index in [-0.39, 0.29) is 0 Å². The van der Waals surface area contributed by atoms with Gasteiger partial charge in [-0.3, -0.25) is 0 Å². The van der Waals surface area contributed by atoms with Crippen molar-refractivity contribution < 1.29 is 0 Å². The van der Waals surface area contributed by atoms with E-state index in [2.05, 4.69) is 64.1 Å². The van der Waals surface area contributed by atoms with Crippen molar-refractivity contribution in [1.82, 2.24) is 0 Å². The van der Waals surface area contributed by atoms with Crippen molar-refractivity contribution in [2.24, 2.45) is 0 Å². The summed E-state index contributed by atoms with van der Waals surface area (Å²) in [6.45, 7) is 9.78. The normalized spacial score (nSPS) is 12.8. The first kappa shape index (κ1) is 12.5. The lowest BCUT2D eigenvalue weighted by molar-refractivity contribution is 0.858. The van der Waals surface area contributed by atoms with Gasteiger partial charge in [-0.05, 0) is 29.5 Å². The third kappa shape index (κ3) is 1.75. The molecule has 0 unspecified atom stereocenters. The fraction of sp³-hybridized carbons (Fsp3) is 0.333. The Morgan fingerprint density at radius 2 is 1.74 bits per heavy atom. The van der Waals surface area contributed by atoms with Crippen LogP contribution in [0, 0.1) is 6.92 Å². The summed E-state index contributed by atoms with van der Waals surface area (Å²) in [5, 5.41) is 0. The second-order valence-electron chi connectivity index (χ2n) is 5.94. The highest BCUT2D eigenvalue weighted by atomic mass is 14.2. The molecule has 0 N–H and O–H groups in total. The Balaban J connectivity index is 2.28. The SMILES string of the molecule is CCB1c2ccccc2-c2ccc(C(C)C)c(C)c21. The first-order chi connectivity index (χ1) is 9.15. The van der Waals surface area contributed by atoms with Gasteiger partial charge in [0.2, 0.25) is 6.71 Å². The third-order valence-corrected chi connectivity index (χ3v) is 4.56. The van der Waals surface area contributed by atoms with Gasteiger partial charge in [-0.2, -0.15) is 0 Å².